The maximum Gasteiger partial charge on any atom is 0.220 e. The van der Waals surface area contributed by atoms with Crippen LogP contribution in [0.25, 0.3) is 0 Å². The topological polar surface area (TPSA) is 58.6 Å². The predicted octanol–water partition coefficient (Wildman–Crippen LogP) is 2.30. The molecular weight excluding hydrogens is 266 g/mol. The smallest absolute Gasteiger partial charge is 0.220 e. The minimum atomic E-state index is 0.0724. The van der Waals surface area contributed by atoms with E-state index in [1.807, 2.05) is 24.3 Å². The van der Waals surface area contributed by atoms with Crippen molar-refractivity contribution >= 4 is 5.91 Å². The van der Waals surface area contributed by atoms with Crippen LogP contribution in [0.15, 0.2) is 24.3 Å². The molecular formula is C17H25NO3. The third-order valence-electron chi connectivity index (χ3n) is 4.26. The summed E-state index contributed by atoms with van der Waals surface area (Å²) < 4.78 is 5.18. The highest BCUT2D eigenvalue weighted by atomic mass is 16.5. The SMILES string of the molecule is COc1cccc(CCC(=O)NC2CCCCC2CO)c1. The largest absolute Gasteiger partial charge is 0.497 e. The minimum absolute atomic E-state index is 0.0724. The Kier molecular flexibility index (Phi) is 6.05. The number of aliphatic hydroxyl groups is 1. The van der Waals surface area contributed by atoms with Crippen LogP contribution in [-0.4, -0.2) is 30.8 Å². The first-order valence-corrected chi connectivity index (χ1v) is 7.76. The first kappa shape index (κ1) is 15.8. The summed E-state index contributed by atoms with van der Waals surface area (Å²) in [5.41, 5.74) is 1.10. The van der Waals surface area contributed by atoms with Crippen molar-refractivity contribution < 1.29 is 14.6 Å². The minimum Gasteiger partial charge on any atom is -0.497 e. The summed E-state index contributed by atoms with van der Waals surface area (Å²) in [7, 11) is 1.64. The molecule has 116 valence electrons. The number of methoxy groups -OCH3 is 1. The quantitative estimate of drug-likeness (QED) is 0.845. The second kappa shape index (κ2) is 8.03. The number of aliphatic hydroxyl groups excluding tert-OH is 1. The van der Waals surface area contributed by atoms with Crippen molar-refractivity contribution in [2.75, 3.05) is 13.7 Å². The Bertz CT molecular complexity index is 461. The molecule has 1 aliphatic carbocycles. The molecule has 1 aromatic rings. The lowest BCUT2D eigenvalue weighted by Crippen LogP contribution is -2.43. The molecule has 1 saturated carbocycles. The molecule has 2 unspecified atom stereocenters. The Morgan fingerprint density at radius 2 is 2.19 bits per heavy atom. The van der Waals surface area contributed by atoms with Gasteiger partial charge in [0.2, 0.25) is 5.91 Å². The Labute approximate surface area is 126 Å². The molecule has 0 radical (unpaired) electrons. The van der Waals surface area contributed by atoms with Crippen molar-refractivity contribution in [2.45, 2.75) is 44.6 Å². The van der Waals surface area contributed by atoms with Crippen LogP contribution in [0.2, 0.25) is 0 Å². The van der Waals surface area contributed by atoms with Gasteiger partial charge in [0.15, 0.2) is 0 Å². The van der Waals surface area contributed by atoms with Crippen LogP contribution in [0.4, 0.5) is 0 Å². The highest BCUT2D eigenvalue weighted by molar-refractivity contribution is 5.76. The number of carbonyl (C=O) groups is 1. The number of carbonyl (C=O) groups excluding carboxylic acids is 1. The monoisotopic (exact) mass is 291 g/mol. The highest BCUT2D eigenvalue weighted by Crippen LogP contribution is 2.24. The number of benzene rings is 1. The number of aryl methyl sites for hydroxylation is 1. The summed E-state index contributed by atoms with van der Waals surface area (Å²) in [4.78, 5) is 12.1. The van der Waals surface area contributed by atoms with E-state index in [1.54, 1.807) is 7.11 Å². The average molecular weight is 291 g/mol. The number of ether oxygens (including phenoxy) is 1. The van der Waals surface area contributed by atoms with Crippen molar-refractivity contribution in [2.24, 2.45) is 5.92 Å². The summed E-state index contributed by atoms with van der Waals surface area (Å²) in [5.74, 6) is 1.11. The Balaban J connectivity index is 1.81. The molecule has 0 aromatic heterocycles. The number of nitrogens with one attached hydrogen (secondary N) is 1. The van der Waals surface area contributed by atoms with Crippen LogP contribution in [0.3, 0.4) is 0 Å². The molecule has 21 heavy (non-hydrogen) atoms. The molecule has 1 aliphatic rings. The molecule has 0 spiro atoms. The molecule has 2 atom stereocenters. The van der Waals surface area contributed by atoms with Gasteiger partial charge in [-0.25, -0.2) is 0 Å². The van der Waals surface area contributed by atoms with Gasteiger partial charge in [-0.15, -0.1) is 0 Å². The molecule has 2 rings (SSSR count). The summed E-state index contributed by atoms with van der Waals surface area (Å²) >= 11 is 0. The Morgan fingerprint density at radius 3 is 2.95 bits per heavy atom. The van der Waals surface area contributed by atoms with Gasteiger partial charge in [0, 0.05) is 25.0 Å². The molecule has 0 saturated heterocycles. The van der Waals surface area contributed by atoms with Crippen LogP contribution in [0.1, 0.15) is 37.7 Å². The zero-order chi connectivity index (χ0) is 15.1. The number of hydrogen-bond donors (Lipinski definition) is 2. The molecule has 1 fully saturated rings. The van der Waals surface area contributed by atoms with Crippen LogP contribution in [0, 0.1) is 5.92 Å². The van der Waals surface area contributed by atoms with E-state index in [2.05, 4.69) is 5.32 Å². The van der Waals surface area contributed by atoms with E-state index < -0.39 is 0 Å². The number of amides is 1. The van der Waals surface area contributed by atoms with Gasteiger partial charge >= 0.3 is 0 Å². The molecule has 1 aromatic carbocycles. The maximum atomic E-state index is 12.1. The highest BCUT2D eigenvalue weighted by Gasteiger charge is 2.25. The lowest BCUT2D eigenvalue weighted by atomic mass is 9.85. The van der Waals surface area contributed by atoms with Gasteiger partial charge in [0.05, 0.1) is 7.11 Å². The third kappa shape index (κ3) is 4.74. The lowest BCUT2D eigenvalue weighted by Gasteiger charge is -2.30. The second-order valence-corrected chi connectivity index (χ2v) is 5.75. The van der Waals surface area contributed by atoms with E-state index in [0.29, 0.717) is 12.8 Å². The summed E-state index contributed by atoms with van der Waals surface area (Å²) in [6.45, 7) is 0.167. The second-order valence-electron chi connectivity index (χ2n) is 5.75. The van der Waals surface area contributed by atoms with E-state index in [1.165, 1.54) is 0 Å². The van der Waals surface area contributed by atoms with E-state index in [4.69, 9.17) is 4.74 Å². The first-order valence-electron chi connectivity index (χ1n) is 7.76. The molecule has 2 N–H and O–H groups in total. The average Bonchev–Trinajstić information content (AvgIpc) is 2.53. The van der Waals surface area contributed by atoms with Crippen molar-refractivity contribution in [3.05, 3.63) is 29.8 Å². The molecule has 4 nitrogen and oxygen atoms in total. The third-order valence-corrected chi connectivity index (χ3v) is 4.26. The molecule has 0 aliphatic heterocycles. The number of hydrogen-bond acceptors (Lipinski definition) is 3. The van der Waals surface area contributed by atoms with Crippen molar-refractivity contribution in [3.63, 3.8) is 0 Å². The van der Waals surface area contributed by atoms with Crippen LogP contribution in [0.5, 0.6) is 5.75 Å². The van der Waals surface area contributed by atoms with Crippen LogP contribution >= 0.6 is 0 Å². The fourth-order valence-electron chi connectivity index (χ4n) is 2.98. The van der Waals surface area contributed by atoms with Gasteiger partial charge in [0.25, 0.3) is 0 Å². The fraction of sp³-hybridized carbons (Fsp3) is 0.588. The van der Waals surface area contributed by atoms with Gasteiger partial charge < -0.3 is 15.2 Å². The summed E-state index contributed by atoms with van der Waals surface area (Å²) in [6.07, 6.45) is 5.47. The van der Waals surface area contributed by atoms with Crippen molar-refractivity contribution in [1.82, 2.24) is 5.32 Å². The van der Waals surface area contributed by atoms with E-state index in [-0.39, 0.29) is 24.5 Å². The molecule has 0 heterocycles. The van der Waals surface area contributed by atoms with Gasteiger partial charge in [-0.3, -0.25) is 4.79 Å². The normalized spacial score (nSPS) is 21.8. The van der Waals surface area contributed by atoms with Gasteiger partial charge in [-0.05, 0) is 37.0 Å². The zero-order valence-electron chi connectivity index (χ0n) is 12.7. The zero-order valence-corrected chi connectivity index (χ0v) is 12.7. The molecule has 4 heteroatoms. The van der Waals surface area contributed by atoms with E-state index in [9.17, 15) is 9.90 Å². The standard InChI is InChI=1S/C17H25NO3/c1-21-15-7-4-5-13(11-15)9-10-17(20)18-16-8-3-2-6-14(16)12-19/h4-5,7,11,14,16,19H,2-3,6,8-10,12H2,1H3,(H,18,20). The molecule has 1 amide bonds. The first-order chi connectivity index (χ1) is 10.2. The summed E-state index contributed by atoms with van der Waals surface area (Å²) in [6, 6.07) is 7.95. The maximum absolute atomic E-state index is 12.1. The van der Waals surface area contributed by atoms with Crippen molar-refractivity contribution in [3.8, 4) is 5.75 Å². The molecule has 0 bridgehead atoms. The van der Waals surface area contributed by atoms with Crippen molar-refractivity contribution in [1.29, 1.82) is 0 Å². The number of rotatable bonds is 6. The predicted molar refractivity (Wildman–Crippen MR) is 82.3 cm³/mol. The Morgan fingerprint density at radius 1 is 1.38 bits per heavy atom. The van der Waals surface area contributed by atoms with E-state index in [0.717, 1.165) is 37.0 Å². The van der Waals surface area contributed by atoms with Gasteiger partial charge in [0.1, 0.15) is 5.75 Å². The summed E-state index contributed by atoms with van der Waals surface area (Å²) in [5, 5.41) is 12.5. The van der Waals surface area contributed by atoms with Crippen LogP contribution in [-0.2, 0) is 11.2 Å². The Hall–Kier alpha value is -1.55. The van der Waals surface area contributed by atoms with E-state index >= 15 is 0 Å². The van der Waals surface area contributed by atoms with Crippen LogP contribution < -0.4 is 10.1 Å². The fourth-order valence-corrected chi connectivity index (χ4v) is 2.98. The lowest BCUT2D eigenvalue weighted by molar-refractivity contribution is -0.122. The van der Waals surface area contributed by atoms with Gasteiger partial charge in [-0.1, -0.05) is 25.0 Å². The van der Waals surface area contributed by atoms with Gasteiger partial charge in [-0.2, -0.15) is 0 Å².